The Morgan fingerprint density at radius 2 is 2.10 bits per heavy atom. The van der Waals surface area contributed by atoms with Crippen molar-refractivity contribution in [2.75, 3.05) is 35.6 Å². The molecule has 1 aromatic heterocycles. The van der Waals surface area contributed by atoms with Crippen LogP contribution < -0.4 is 4.74 Å². The predicted molar refractivity (Wildman–Crippen MR) is 130 cm³/mol. The molecule has 1 unspecified atom stereocenters. The Bertz CT molecular complexity index is 887. The zero-order chi connectivity index (χ0) is 20.9. The van der Waals surface area contributed by atoms with Crippen LogP contribution in [0.1, 0.15) is 47.6 Å². The molecule has 0 aliphatic carbocycles. The summed E-state index contributed by atoms with van der Waals surface area (Å²) in [5.74, 6) is 4.00. The Balaban J connectivity index is 1.37. The molecule has 1 atom stereocenters. The van der Waals surface area contributed by atoms with Gasteiger partial charge in [0.2, 0.25) is 0 Å². The first-order valence-corrected chi connectivity index (χ1v) is 15.9. The predicted octanol–water partition coefficient (Wildman–Crippen LogP) is 5.05. The zero-order valence-electron chi connectivity index (χ0n) is 17.6. The third-order valence-corrected chi connectivity index (χ3v) is 10.5. The van der Waals surface area contributed by atoms with Crippen LogP contribution in [0.2, 0.25) is 0 Å². The molecule has 4 rings (SSSR count). The van der Waals surface area contributed by atoms with Crippen molar-refractivity contribution in [1.82, 2.24) is 9.88 Å². The van der Waals surface area contributed by atoms with Gasteiger partial charge in [-0.05, 0) is 0 Å². The Morgan fingerprint density at radius 3 is 2.83 bits per heavy atom. The van der Waals surface area contributed by atoms with E-state index in [1.807, 2.05) is 12.3 Å². The first kappa shape index (κ1) is 21.6. The summed E-state index contributed by atoms with van der Waals surface area (Å²) in [6, 6.07) is 10.7. The number of benzene rings is 1. The van der Waals surface area contributed by atoms with Gasteiger partial charge in [0.25, 0.3) is 0 Å². The molecular weight excluding hydrogens is 490 g/mol. The molecule has 160 valence electrons. The number of halogens is 2. The van der Waals surface area contributed by atoms with Crippen LogP contribution in [0.4, 0.5) is 4.39 Å². The molecule has 0 amide bonds. The average Bonchev–Trinajstić information content (AvgIpc) is 2.77. The van der Waals surface area contributed by atoms with E-state index in [-0.39, 0.29) is 0 Å². The van der Waals surface area contributed by atoms with Gasteiger partial charge in [-0.3, -0.25) is 0 Å². The Morgan fingerprint density at radius 1 is 1.27 bits per heavy atom. The molecule has 0 bridgehead atoms. The van der Waals surface area contributed by atoms with Crippen molar-refractivity contribution in [3.63, 3.8) is 0 Å². The number of aromatic nitrogens is 1. The van der Waals surface area contributed by atoms with Crippen molar-refractivity contribution in [3.05, 3.63) is 58.9 Å². The van der Waals surface area contributed by atoms with E-state index < -0.39 is 26.0 Å². The fourth-order valence-corrected chi connectivity index (χ4v) is 9.20. The number of alkyl halides is 4. The van der Waals surface area contributed by atoms with E-state index >= 15 is 0 Å². The third-order valence-electron chi connectivity index (χ3n) is 6.02. The topological polar surface area (TPSA) is 25.4 Å². The number of piperidine rings is 1. The van der Waals surface area contributed by atoms with E-state index in [1.54, 1.807) is 0 Å². The van der Waals surface area contributed by atoms with Gasteiger partial charge in [0.05, 0.1) is 0 Å². The summed E-state index contributed by atoms with van der Waals surface area (Å²) >= 11 is -1.00. The summed E-state index contributed by atoms with van der Waals surface area (Å²) in [5, 5.41) is 0. The first-order chi connectivity index (χ1) is 14.6. The summed E-state index contributed by atoms with van der Waals surface area (Å²) in [5.41, 5.74) is 4.83. The fourth-order valence-electron chi connectivity index (χ4n) is 4.34. The maximum atomic E-state index is 13.2. The summed E-state index contributed by atoms with van der Waals surface area (Å²) < 4.78 is 21.8. The number of hydrogen-bond donors (Lipinski definition) is 0. The van der Waals surface area contributed by atoms with Gasteiger partial charge in [0.15, 0.2) is 0 Å². The molecule has 30 heavy (non-hydrogen) atoms. The summed E-state index contributed by atoms with van der Waals surface area (Å²) in [6.45, 7) is 3.46. The van der Waals surface area contributed by atoms with Crippen LogP contribution >= 0.6 is 19.8 Å². The van der Waals surface area contributed by atoms with Crippen molar-refractivity contribution in [2.45, 2.75) is 35.8 Å². The van der Waals surface area contributed by atoms with Gasteiger partial charge < -0.3 is 0 Å². The van der Waals surface area contributed by atoms with E-state index in [0.717, 1.165) is 31.8 Å². The molecule has 5 heteroatoms. The molecule has 0 spiro atoms. The summed E-state index contributed by atoms with van der Waals surface area (Å²) in [6.07, 6.45) is 9.14. The summed E-state index contributed by atoms with van der Waals surface area (Å²) in [7, 11) is 0. The second kappa shape index (κ2) is 10.1. The van der Waals surface area contributed by atoms with Crippen LogP contribution in [-0.2, 0) is 4.43 Å². The molecule has 1 fully saturated rings. The van der Waals surface area contributed by atoms with Crippen molar-refractivity contribution in [3.8, 4) is 18.1 Å². The Hall–Kier alpha value is -1.65. The van der Waals surface area contributed by atoms with Gasteiger partial charge in [0.1, 0.15) is 0 Å². The maximum absolute atomic E-state index is 13.2. The van der Waals surface area contributed by atoms with Crippen LogP contribution in [0.5, 0.6) is 5.75 Å². The quantitative estimate of drug-likeness (QED) is 0.231. The molecule has 2 aliphatic heterocycles. The van der Waals surface area contributed by atoms with E-state index in [9.17, 15) is 4.39 Å². The number of ether oxygens (including phenoxy) is 1. The molecule has 1 aromatic carbocycles. The monoisotopic (exact) mass is 520 g/mol. The Labute approximate surface area is 186 Å². The van der Waals surface area contributed by atoms with Crippen molar-refractivity contribution < 1.29 is 9.13 Å². The van der Waals surface area contributed by atoms with Crippen LogP contribution in [0.25, 0.3) is 0 Å². The van der Waals surface area contributed by atoms with Crippen LogP contribution in [0, 0.1) is 12.3 Å². The zero-order valence-corrected chi connectivity index (χ0v) is 19.8. The number of hydrogen-bond acceptors (Lipinski definition) is 3. The molecule has 1 saturated heterocycles. The van der Waals surface area contributed by atoms with Crippen LogP contribution in [0.15, 0.2) is 36.5 Å². The van der Waals surface area contributed by atoms with E-state index in [2.05, 4.69) is 45.0 Å². The minimum absolute atomic E-state index is 0.427. The van der Waals surface area contributed by atoms with Gasteiger partial charge >= 0.3 is 183 Å². The van der Waals surface area contributed by atoms with Gasteiger partial charge in [0, 0.05) is 0 Å². The third kappa shape index (κ3) is 5.33. The molecule has 2 aliphatic rings. The van der Waals surface area contributed by atoms with Crippen LogP contribution in [0.3, 0.4) is 0 Å². The van der Waals surface area contributed by atoms with E-state index in [4.69, 9.17) is 11.2 Å². The normalized spacial score (nSPS) is 21.1. The number of rotatable bonds is 6. The average molecular weight is 520 g/mol. The molecule has 0 N–H and O–H groups in total. The first-order valence-electron chi connectivity index (χ1n) is 10.7. The number of pyridine rings is 1. The molecular formula is C25H30FIN2O. The second-order valence-electron chi connectivity index (χ2n) is 8.26. The minimum atomic E-state index is -1.00. The van der Waals surface area contributed by atoms with E-state index in [0.29, 0.717) is 31.1 Å². The molecule has 2 aromatic rings. The SMILES string of the molecule is C#Cc1ccc(C2CI(C)Cc3cc(OCCCN4CCC(F)CC4)ccc32)cn1. The molecule has 0 saturated carbocycles. The molecule has 3 nitrogen and oxygen atoms in total. The number of nitrogens with zero attached hydrogens (tertiary/aromatic N) is 2. The van der Waals surface area contributed by atoms with E-state index in [1.165, 1.54) is 25.5 Å². The fraction of sp³-hybridized carbons (Fsp3) is 0.480. The standard InChI is InChI=1S/C25H30FIN2O/c1-3-22-6-5-19(18-28-22)25-17-27(2)16-20-15-23(7-8-24(20)25)30-14-4-11-29-12-9-21(26)10-13-29/h1,5-8,15,18,21,25H,4,9-14,16-17H2,2H3. The van der Waals surface area contributed by atoms with Crippen molar-refractivity contribution in [1.29, 1.82) is 0 Å². The van der Waals surface area contributed by atoms with Crippen molar-refractivity contribution >= 4 is 19.8 Å². The van der Waals surface area contributed by atoms with Gasteiger partial charge in [-0.25, -0.2) is 4.39 Å². The molecule has 0 radical (unpaired) electrons. The number of terminal acetylenes is 1. The molecule has 3 heterocycles. The number of likely N-dealkylation sites (tertiary alicyclic amines) is 1. The summed E-state index contributed by atoms with van der Waals surface area (Å²) in [4.78, 5) is 9.23. The Kier molecular flexibility index (Phi) is 7.27. The van der Waals surface area contributed by atoms with Gasteiger partial charge in [-0.2, -0.15) is 0 Å². The second-order valence-corrected chi connectivity index (χ2v) is 14.0. The van der Waals surface area contributed by atoms with Crippen molar-refractivity contribution in [2.24, 2.45) is 0 Å². The number of fused-ring (bicyclic) bond motifs is 1. The van der Waals surface area contributed by atoms with Crippen LogP contribution in [-0.4, -0.2) is 51.7 Å². The van der Waals surface area contributed by atoms with Gasteiger partial charge in [-0.15, -0.1) is 0 Å². The van der Waals surface area contributed by atoms with Gasteiger partial charge in [-0.1, -0.05) is 0 Å².